The van der Waals surface area contributed by atoms with Crippen LogP contribution in [0.2, 0.25) is 0 Å². The second-order valence-electron chi connectivity index (χ2n) is 11.3. The smallest absolute Gasteiger partial charge is 0.163 e. The quantitative estimate of drug-likeness (QED) is 0.468. The summed E-state index contributed by atoms with van der Waals surface area (Å²) < 4.78 is 0. The number of carbonyl (C=O) groups is 2. The maximum Gasteiger partial charge on any atom is 0.163 e. The lowest BCUT2D eigenvalue weighted by molar-refractivity contribution is -0.119. The van der Waals surface area contributed by atoms with E-state index in [0.717, 1.165) is 22.6 Å². The molecule has 0 bridgehead atoms. The van der Waals surface area contributed by atoms with Gasteiger partial charge in [-0.05, 0) is 41.4 Å². The molecule has 5 heteroatoms. The van der Waals surface area contributed by atoms with Gasteiger partial charge in [-0.1, -0.05) is 58.0 Å². The van der Waals surface area contributed by atoms with Gasteiger partial charge in [0.05, 0.1) is 5.92 Å². The summed E-state index contributed by atoms with van der Waals surface area (Å²) in [6, 6.07) is 14.3. The summed E-state index contributed by atoms with van der Waals surface area (Å²) in [6.45, 7) is 7.85. The van der Waals surface area contributed by atoms with Crippen molar-refractivity contribution in [1.29, 1.82) is 0 Å². The van der Waals surface area contributed by atoms with E-state index in [1.54, 1.807) is 11.3 Å². The SMILES string of the molecule is CC1(C)CC(=O)C(C(C2=C(O)CC(C)(C)CC2=O)c2ccc(CCc3ccccc3)s2)=C(O)C1. The Bertz CT molecular complexity index is 1110. The van der Waals surface area contributed by atoms with E-state index in [4.69, 9.17) is 0 Å². The molecule has 1 aromatic heterocycles. The summed E-state index contributed by atoms with van der Waals surface area (Å²) in [5, 5.41) is 22.0. The average Bonchev–Trinajstić information content (AvgIpc) is 3.18. The topological polar surface area (TPSA) is 74.6 Å². The highest BCUT2D eigenvalue weighted by molar-refractivity contribution is 7.12. The van der Waals surface area contributed by atoms with Gasteiger partial charge >= 0.3 is 0 Å². The van der Waals surface area contributed by atoms with Crippen LogP contribution >= 0.6 is 11.3 Å². The molecule has 0 saturated carbocycles. The first-order valence-corrected chi connectivity index (χ1v) is 12.8. The van der Waals surface area contributed by atoms with E-state index in [1.165, 1.54) is 5.56 Å². The highest BCUT2D eigenvalue weighted by Gasteiger charge is 2.44. The summed E-state index contributed by atoms with van der Waals surface area (Å²) in [6.07, 6.45) is 3.12. The number of carbonyl (C=O) groups excluding carboxylic acids is 2. The van der Waals surface area contributed by atoms with E-state index >= 15 is 0 Å². The third kappa shape index (κ3) is 5.20. The number of hydrogen-bond acceptors (Lipinski definition) is 5. The van der Waals surface area contributed by atoms with Gasteiger partial charge in [-0.3, -0.25) is 9.59 Å². The number of thiophene rings is 1. The van der Waals surface area contributed by atoms with Crippen LogP contribution in [0.5, 0.6) is 0 Å². The largest absolute Gasteiger partial charge is 0.512 e. The molecule has 1 heterocycles. The molecule has 2 aromatic rings. The monoisotopic (exact) mass is 478 g/mol. The van der Waals surface area contributed by atoms with Crippen LogP contribution in [-0.4, -0.2) is 21.8 Å². The lowest BCUT2D eigenvalue weighted by Gasteiger charge is -2.36. The fourth-order valence-corrected chi connectivity index (χ4v) is 6.42. The Balaban J connectivity index is 1.75. The van der Waals surface area contributed by atoms with Crippen molar-refractivity contribution in [2.75, 3.05) is 0 Å². The summed E-state index contributed by atoms with van der Waals surface area (Å²) in [5.74, 6) is -0.915. The van der Waals surface area contributed by atoms with Gasteiger partial charge in [0, 0.05) is 46.6 Å². The van der Waals surface area contributed by atoms with Gasteiger partial charge in [-0.15, -0.1) is 11.3 Å². The predicted octanol–water partition coefficient (Wildman–Crippen LogP) is 7.02. The molecule has 0 aliphatic heterocycles. The van der Waals surface area contributed by atoms with E-state index in [1.807, 2.05) is 58.0 Å². The molecule has 2 N–H and O–H groups in total. The highest BCUT2D eigenvalue weighted by Crippen LogP contribution is 2.49. The lowest BCUT2D eigenvalue weighted by atomic mass is 9.68. The van der Waals surface area contributed by atoms with Gasteiger partial charge in [0.15, 0.2) is 11.6 Å². The number of hydrogen-bond donors (Lipinski definition) is 2. The van der Waals surface area contributed by atoms with Gasteiger partial charge in [0.1, 0.15) is 11.5 Å². The summed E-state index contributed by atoms with van der Waals surface area (Å²) >= 11 is 1.56. The molecule has 0 fully saturated rings. The standard InChI is InChI=1S/C29H34O4S/c1-28(2)14-20(30)25(21(31)15-28)27(26-22(32)16-29(3,4)17-23(26)33)24-13-12-19(34-24)11-10-18-8-6-5-7-9-18/h5-9,12-13,27,30,32H,10-11,14-17H2,1-4H3. The molecule has 0 spiro atoms. The first-order chi connectivity index (χ1) is 16.0. The minimum Gasteiger partial charge on any atom is -0.512 e. The van der Waals surface area contributed by atoms with Crippen LogP contribution in [0.1, 0.15) is 74.6 Å². The zero-order chi connectivity index (χ0) is 24.7. The fourth-order valence-electron chi connectivity index (χ4n) is 5.28. The van der Waals surface area contributed by atoms with Crippen LogP contribution in [-0.2, 0) is 22.4 Å². The number of benzene rings is 1. The van der Waals surface area contributed by atoms with E-state index in [2.05, 4.69) is 12.1 Å². The number of rotatable bonds is 6. The molecule has 0 saturated heterocycles. The molecule has 0 unspecified atom stereocenters. The number of aryl methyl sites for hydroxylation is 2. The molecule has 180 valence electrons. The maximum absolute atomic E-state index is 13.3. The molecule has 4 nitrogen and oxygen atoms in total. The fraction of sp³-hybridized carbons (Fsp3) is 0.448. The second-order valence-corrected chi connectivity index (χ2v) is 12.5. The third-order valence-electron chi connectivity index (χ3n) is 6.84. The van der Waals surface area contributed by atoms with Crippen LogP contribution < -0.4 is 0 Å². The molecule has 0 amide bonds. The maximum atomic E-state index is 13.3. The molecular weight excluding hydrogens is 444 g/mol. The Labute approximate surface area is 206 Å². The van der Waals surface area contributed by atoms with E-state index in [0.29, 0.717) is 25.7 Å². The normalized spacial score (nSPS) is 20.4. The van der Waals surface area contributed by atoms with Crippen LogP contribution in [0.25, 0.3) is 0 Å². The van der Waals surface area contributed by atoms with Gasteiger partial charge in [-0.25, -0.2) is 0 Å². The highest BCUT2D eigenvalue weighted by atomic mass is 32.1. The van der Waals surface area contributed by atoms with E-state index < -0.39 is 5.92 Å². The zero-order valence-corrected chi connectivity index (χ0v) is 21.3. The molecule has 2 aliphatic rings. The van der Waals surface area contributed by atoms with E-state index in [9.17, 15) is 19.8 Å². The Morgan fingerprint density at radius 2 is 1.29 bits per heavy atom. The second kappa shape index (κ2) is 9.18. The van der Waals surface area contributed by atoms with Crippen LogP contribution in [0.4, 0.5) is 0 Å². The first-order valence-electron chi connectivity index (χ1n) is 12.0. The summed E-state index contributed by atoms with van der Waals surface area (Å²) in [4.78, 5) is 28.6. The minimum absolute atomic E-state index is 0.0448. The number of allylic oxidation sites excluding steroid dienone is 4. The molecule has 34 heavy (non-hydrogen) atoms. The first kappa shape index (κ1) is 24.5. The predicted molar refractivity (Wildman–Crippen MR) is 136 cm³/mol. The van der Waals surface area contributed by atoms with Crippen molar-refractivity contribution in [3.05, 3.63) is 80.4 Å². The van der Waals surface area contributed by atoms with Gasteiger partial charge in [0.2, 0.25) is 0 Å². The van der Waals surface area contributed by atoms with Crippen molar-refractivity contribution in [3.63, 3.8) is 0 Å². The van der Waals surface area contributed by atoms with Crippen molar-refractivity contribution in [1.82, 2.24) is 0 Å². The van der Waals surface area contributed by atoms with Crippen LogP contribution in [0.15, 0.2) is 65.1 Å². The number of aliphatic hydroxyl groups excluding tert-OH is 2. The summed E-state index contributed by atoms with van der Waals surface area (Å²) in [7, 11) is 0. The van der Waals surface area contributed by atoms with E-state index in [-0.39, 0.29) is 45.1 Å². The molecule has 4 rings (SSSR count). The van der Waals surface area contributed by atoms with Crippen LogP contribution in [0.3, 0.4) is 0 Å². The Kier molecular flexibility index (Phi) is 6.61. The van der Waals surface area contributed by atoms with Gasteiger partial charge < -0.3 is 10.2 Å². The van der Waals surface area contributed by atoms with Gasteiger partial charge in [0.25, 0.3) is 0 Å². The van der Waals surface area contributed by atoms with Crippen molar-refractivity contribution < 1.29 is 19.8 Å². The number of Topliss-reactive ketones (excluding diaryl/α,β-unsaturated/α-hetero) is 2. The minimum atomic E-state index is -0.720. The number of ketones is 2. The molecular formula is C29H34O4S. The molecule has 1 aromatic carbocycles. The van der Waals surface area contributed by atoms with Gasteiger partial charge in [-0.2, -0.15) is 0 Å². The molecule has 2 aliphatic carbocycles. The molecule has 0 atom stereocenters. The Morgan fingerprint density at radius 3 is 1.79 bits per heavy atom. The average molecular weight is 479 g/mol. The van der Waals surface area contributed by atoms with Crippen LogP contribution in [0, 0.1) is 10.8 Å². The Morgan fingerprint density at radius 1 is 0.765 bits per heavy atom. The van der Waals surface area contributed by atoms with Crippen molar-refractivity contribution in [2.45, 2.75) is 72.1 Å². The zero-order valence-electron chi connectivity index (χ0n) is 20.5. The van der Waals surface area contributed by atoms with Crippen molar-refractivity contribution in [3.8, 4) is 0 Å². The Hall–Kier alpha value is -2.66. The number of aliphatic hydroxyl groups is 2. The van der Waals surface area contributed by atoms with Crippen molar-refractivity contribution in [2.24, 2.45) is 10.8 Å². The third-order valence-corrected chi connectivity index (χ3v) is 8.05. The summed E-state index contributed by atoms with van der Waals surface area (Å²) in [5.41, 5.74) is 1.15. The van der Waals surface area contributed by atoms with Crippen molar-refractivity contribution >= 4 is 22.9 Å². The lowest BCUT2D eigenvalue weighted by Crippen LogP contribution is -2.33. The molecule has 0 radical (unpaired) electrons.